The van der Waals surface area contributed by atoms with Crippen molar-refractivity contribution in [2.24, 2.45) is 0 Å². The van der Waals surface area contributed by atoms with E-state index in [1.807, 2.05) is 6.07 Å². The molecule has 0 saturated heterocycles. The average Bonchev–Trinajstić information content (AvgIpc) is 3.28. The minimum absolute atomic E-state index is 0.227. The maximum absolute atomic E-state index is 13.3. The zero-order valence-electron chi connectivity index (χ0n) is 15.6. The van der Waals surface area contributed by atoms with Crippen LogP contribution in [0, 0.1) is 0 Å². The van der Waals surface area contributed by atoms with Crippen molar-refractivity contribution in [2.75, 3.05) is 12.0 Å². The van der Waals surface area contributed by atoms with Crippen LogP contribution in [0.4, 0.5) is 11.4 Å². The summed E-state index contributed by atoms with van der Waals surface area (Å²) in [6.07, 6.45) is 7.94. The Morgan fingerprint density at radius 1 is 0.931 bits per heavy atom. The number of amides is 1. The molecule has 1 aromatic carbocycles. The maximum Gasteiger partial charge on any atom is 0.289 e. The molecule has 0 spiro atoms. The van der Waals surface area contributed by atoms with Crippen LogP contribution in [0.15, 0.2) is 90.1 Å². The van der Waals surface area contributed by atoms with Gasteiger partial charge >= 0.3 is 0 Å². The summed E-state index contributed by atoms with van der Waals surface area (Å²) in [5.41, 5.74) is 1.69. The number of furan rings is 1. The monoisotopic (exact) mass is 387 g/mol. The van der Waals surface area contributed by atoms with Crippen LogP contribution in [0.25, 0.3) is 0 Å². The first-order valence-corrected chi connectivity index (χ1v) is 8.80. The van der Waals surface area contributed by atoms with Crippen LogP contribution in [0.3, 0.4) is 0 Å². The lowest BCUT2D eigenvalue weighted by Gasteiger charge is -2.23. The molecule has 4 rings (SSSR count). The second kappa shape index (κ2) is 8.26. The van der Waals surface area contributed by atoms with E-state index in [-0.39, 0.29) is 5.91 Å². The number of anilines is 2. The number of ether oxygens (including phenoxy) is 2. The van der Waals surface area contributed by atoms with Gasteiger partial charge in [0.15, 0.2) is 11.5 Å². The molecule has 0 radical (unpaired) electrons. The maximum atomic E-state index is 13.3. The van der Waals surface area contributed by atoms with Gasteiger partial charge in [-0.2, -0.15) is 0 Å². The molecule has 0 aliphatic carbocycles. The molecule has 0 unspecified atom stereocenters. The number of hydrogen-bond donors (Lipinski definition) is 0. The highest BCUT2D eigenvalue weighted by molar-refractivity contribution is 6.10. The predicted molar refractivity (Wildman–Crippen MR) is 107 cm³/mol. The Balaban J connectivity index is 1.79. The standard InChI is InChI=1S/C22H17N3O4/c1-27-19-7-6-17(14-20(19)29-21-5-3-13-28-21)25(18-4-2-10-24-15-18)22(26)16-8-11-23-12-9-16/h2-15H,1H3. The van der Waals surface area contributed by atoms with E-state index in [9.17, 15) is 4.79 Å². The van der Waals surface area contributed by atoms with Crippen molar-refractivity contribution in [3.05, 3.63) is 91.2 Å². The summed E-state index contributed by atoms with van der Waals surface area (Å²) in [7, 11) is 1.55. The van der Waals surface area contributed by atoms with Gasteiger partial charge in [-0.05, 0) is 42.5 Å². The molecule has 4 aromatic rings. The Morgan fingerprint density at radius 3 is 2.48 bits per heavy atom. The Kier molecular flexibility index (Phi) is 5.20. The van der Waals surface area contributed by atoms with Crippen LogP contribution in [-0.2, 0) is 0 Å². The largest absolute Gasteiger partial charge is 0.493 e. The van der Waals surface area contributed by atoms with Gasteiger partial charge < -0.3 is 13.9 Å². The topological polar surface area (TPSA) is 77.7 Å². The lowest BCUT2D eigenvalue weighted by Crippen LogP contribution is -2.26. The fourth-order valence-corrected chi connectivity index (χ4v) is 2.81. The number of pyridine rings is 2. The summed E-state index contributed by atoms with van der Waals surface area (Å²) < 4.78 is 16.4. The van der Waals surface area contributed by atoms with Gasteiger partial charge in [0.1, 0.15) is 0 Å². The van der Waals surface area contributed by atoms with E-state index < -0.39 is 0 Å². The Bertz CT molecular complexity index is 1080. The quantitative estimate of drug-likeness (QED) is 0.471. The fourth-order valence-electron chi connectivity index (χ4n) is 2.81. The second-order valence-corrected chi connectivity index (χ2v) is 5.96. The van der Waals surface area contributed by atoms with Gasteiger partial charge in [0.25, 0.3) is 11.9 Å². The van der Waals surface area contributed by atoms with Crippen molar-refractivity contribution in [3.8, 4) is 17.4 Å². The molecule has 7 heteroatoms. The minimum Gasteiger partial charge on any atom is -0.493 e. The SMILES string of the molecule is COc1ccc(N(C(=O)c2ccncc2)c2cccnc2)cc1Oc1ccco1. The number of carbonyl (C=O) groups excluding carboxylic acids is 1. The predicted octanol–water partition coefficient (Wildman–Crippen LogP) is 4.85. The molecule has 1 amide bonds. The van der Waals surface area contributed by atoms with Gasteiger partial charge in [-0.15, -0.1) is 0 Å². The molecule has 0 aliphatic heterocycles. The van der Waals surface area contributed by atoms with Crippen molar-refractivity contribution in [1.82, 2.24) is 9.97 Å². The van der Waals surface area contributed by atoms with E-state index >= 15 is 0 Å². The van der Waals surface area contributed by atoms with Gasteiger partial charge in [-0.3, -0.25) is 19.7 Å². The molecule has 144 valence electrons. The molecule has 0 aliphatic rings. The Morgan fingerprint density at radius 2 is 1.79 bits per heavy atom. The minimum atomic E-state index is -0.227. The number of rotatable bonds is 6. The molecule has 0 saturated carbocycles. The average molecular weight is 387 g/mol. The highest BCUT2D eigenvalue weighted by Gasteiger charge is 2.22. The van der Waals surface area contributed by atoms with Crippen LogP contribution in [0.2, 0.25) is 0 Å². The van der Waals surface area contributed by atoms with Crippen molar-refractivity contribution in [1.29, 1.82) is 0 Å². The van der Waals surface area contributed by atoms with Crippen LogP contribution in [0.5, 0.6) is 17.4 Å². The van der Waals surface area contributed by atoms with Gasteiger partial charge in [0.2, 0.25) is 0 Å². The summed E-state index contributed by atoms with van der Waals surface area (Å²) in [5.74, 6) is 1.01. The third-order valence-electron chi connectivity index (χ3n) is 4.15. The third kappa shape index (κ3) is 3.93. The lowest BCUT2D eigenvalue weighted by atomic mass is 10.1. The molecular formula is C22H17N3O4. The summed E-state index contributed by atoms with van der Waals surface area (Å²) >= 11 is 0. The zero-order valence-corrected chi connectivity index (χ0v) is 15.6. The van der Waals surface area contributed by atoms with Crippen LogP contribution in [0.1, 0.15) is 10.4 Å². The summed E-state index contributed by atoms with van der Waals surface area (Å²) in [6.45, 7) is 0. The Labute approximate surface area is 167 Å². The van der Waals surface area contributed by atoms with E-state index in [4.69, 9.17) is 13.9 Å². The van der Waals surface area contributed by atoms with Gasteiger partial charge in [0, 0.05) is 36.3 Å². The first-order valence-electron chi connectivity index (χ1n) is 8.80. The number of carbonyl (C=O) groups is 1. The first kappa shape index (κ1) is 18.2. The highest BCUT2D eigenvalue weighted by atomic mass is 16.6. The zero-order chi connectivity index (χ0) is 20.1. The smallest absolute Gasteiger partial charge is 0.289 e. The first-order chi connectivity index (χ1) is 14.3. The van der Waals surface area contributed by atoms with E-state index in [1.165, 1.54) is 6.26 Å². The van der Waals surface area contributed by atoms with Gasteiger partial charge in [-0.25, -0.2) is 0 Å². The number of methoxy groups -OCH3 is 1. The van der Waals surface area contributed by atoms with Crippen molar-refractivity contribution >= 4 is 17.3 Å². The van der Waals surface area contributed by atoms with E-state index in [2.05, 4.69) is 9.97 Å². The molecule has 0 fully saturated rings. The third-order valence-corrected chi connectivity index (χ3v) is 4.15. The summed E-state index contributed by atoms with van der Waals surface area (Å²) in [5, 5.41) is 0. The molecule has 7 nitrogen and oxygen atoms in total. The molecule has 0 N–H and O–H groups in total. The number of nitrogens with zero attached hydrogens (tertiary/aromatic N) is 3. The summed E-state index contributed by atoms with van der Waals surface area (Å²) in [6, 6.07) is 15.5. The van der Waals surface area contributed by atoms with Gasteiger partial charge in [-0.1, -0.05) is 0 Å². The molecule has 3 aromatic heterocycles. The van der Waals surface area contributed by atoms with E-state index in [0.717, 1.165) is 0 Å². The Hall–Kier alpha value is -4.13. The normalized spacial score (nSPS) is 10.4. The van der Waals surface area contributed by atoms with Gasteiger partial charge in [0.05, 0.1) is 30.9 Å². The number of hydrogen-bond acceptors (Lipinski definition) is 6. The lowest BCUT2D eigenvalue weighted by molar-refractivity contribution is 0.0999. The van der Waals surface area contributed by atoms with Crippen LogP contribution < -0.4 is 14.4 Å². The van der Waals surface area contributed by atoms with E-state index in [0.29, 0.717) is 34.4 Å². The van der Waals surface area contributed by atoms with Crippen molar-refractivity contribution < 1.29 is 18.7 Å². The molecule has 0 bridgehead atoms. The van der Waals surface area contributed by atoms with Crippen LogP contribution >= 0.6 is 0 Å². The summed E-state index contributed by atoms with van der Waals surface area (Å²) in [4.78, 5) is 23.0. The molecule has 0 atom stereocenters. The highest BCUT2D eigenvalue weighted by Crippen LogP contribution is 2.37. The second-order valence-electron chi connectivity index (χ2n) is 5.96. The van der Waals surface area contributed by atoms with Crippen LogP contribution in [-0.4, -0.2) is 23.0 Å². The van der Waals surface area contributed by atoms with Crippen molar-refractivity contribution in [3.63, 3.8) is 0 Å². The van der Waals surface area contributed by atoms with Crippen molar-refractivity contribution in [2.45, 2.75) is 0 Å². The number of aromatic nitrogens is 2. The van der Waals surface area contributed by atoms with E-state index in [1.54, 1.807) is 85.3 Å². The molecular weight excluding hydrogens is 370 g/mol. The molecule has 3 heterocycles. The molecule has 29 heavy (non-hydrogen) atoms. The number of benzene rings is 1. The fraction of sp³-hybridized carbons (Fsp3) is 0.0455.